The van der Waals surface area contributed by atoms with Crippen LogP contribution in [0.15, 0.2) is 24.3 Å². The Bertz CT molecular complexity index is 390. The van der Waals surface area contributed by atoms with Crippen molar-refractivity contribution in [2.24, 2.45) is 5.73 Å². The Balaban J connectivity index is 2.15. The lowest BCUT2D eigenvalue weighted by atomic mass is 9.82. The fraction of sp³-hybridized carbons (Fsp3) is 0.647. The van der Waals surface area contributed by atoms with Crippen LogP contribution < -0.4 is 5.73 Å². The summed E-state index contributed by atoms with van der Waals surface area (Å²) >= 11 is 0. The molecule has 1 aliphatic heterocycles. The molecule has 112 valence electrons. The number of hydrogen-bond donors (Lipinski definition) is 1. The van der Waals surface area contributed by atoms with E-state index in [4.69, 9.17) is 15.2 Å². The molecule has 1 saturated heterocycles. The van der Waals surface area contributed by atoms with E-state index >= 15 is 0 Å². The van der Waals surface area contributed by atoms with E-state index in [0.29, 0.717) is 6.61 Å². The molecule has 1 aromatic carbocycles. The molecule has 2 rings (SSSR count). The monoisotopic (exact) mass is 277 g/mol. The minimum atomic E-state index is -0.265. The highest BCUT2D eigenvalue weighted by molar-refractivity contribution is 5.27. The Morgan fingerprint density at radius 3 is 2.40 bits per heavy atom. The maximum absolute atomic E-state index is 6.53. The number of ether oxygens (including phenoxy) is 2. The quantitative estimate of drug-likeness (QED) is 0.868. The maximum atomic E-state index is 6.53. The molecule has 0 radical (unpaired) electrons. The van der Waals surface area contributed by atoms with Crippen molar-refractivity contribution >= 4 is 0 Å². The fourth-order valence-electron chi connectivity index (χ4n) is 3.03. The molecule has 1 aliphatic rings. The molecule has 0 spiro atoms. The van der Waals surface area contributed by atoms with Gasteiger partial charge in [0.05, 0.1) is 11.6 Å². The first-order chi connectivity index (χ1) is 9.72. The van der Waals surface area contributed by atoms with Gasteiger partial charge < -0.3 is 15.2 Å². The average Bonchev–Trinajstić information content (AvgIpc) is 2.49. The topological polar surface area (TPSA) is 44.5 Å². The van der Waals surface area contributed by atoms with Gasteiger partial charge in [-0.25, -0.2) is 0 Å². The van der Waals surface area contributed by atoms with Crippen LogP contribution in [0.4, 0.5) is 0 Å². The molecule has 20 heavy (non-hydrogen) atoms. The molecule has 3 nitrogen and oxygen atoms in total. The van der Waals surface area contributed by atoms with Crippen molar-refractivity contribution in [2.75, 3.05) is 19.8 Å². The molecule has 1 heterocycles. The molecule has 0 amide bonds. The van der Waals surface area contributed by atoms with Gasteiger partial charge in [0.15, 0.2) is 0 Å². The molecule has 1 atom stereocenters. The van der Waals surface area contributed by atoms with Crippen molar-refractivity contribution in [1.29, 1.82) is 0 Å². The van der Waals surface area contributed by atoms with Crippen molar-refractivity contribution in [3.63, 3.8) is 0 Å². The Morgan fingerprint density at radius 2 is 1.85 bits per heavy atom. The summed E-state index contributed by atoms with van der Waals surface area (Å²) in [7, 11) is 0. The summed E-state index contributed by atoms with van der Waals surface area (Å²) in [5.74, 6) is 0. The predicted molar refractivity (Wildman–Crippen MR) is 81.8 cm³/mol. The Hall–Kier alpha value is -0.900. The van der Waals surface area contributed by atoms with Gasteiger partial charge in [0.25, 0.3) is 0 Å². The van der Waals surface area contributed by atoms with Crippen LogP contribution in [0, 0.1) is 0 Å². The third-order valence-corrected chi connectivity index (χ3v) is 4.22. The molecule has 3 heteroatoms. The van der Waals surface area contributed by atoms with Crippen molar-refractivity contribution < 1.29 is 9.47 Å². The molecule has 1 fully saturated rings. The lowest BCUT2D eigenvalue weighted by Crippen LogP contribution is -2.48. The summed E-state index contributed by atoms with van der Waals surface area (Å²) in [5, 5.41) is 0. The van der Waals surface area contributed by atoms with Crippen LogP contribution in [-0.2, 0) is 15.9 Å². The van der Waals surface area contributed by atoms with Crippen LogP contribution in [0.3, 0.4) is 0 Å². The zero-order valence-electron chi connectivity index (χ0n) is 12.7. The molecule has 0 bridgehead atoms. The van der Waals surface area contributed by atoms with Gasteiger partial charge in [-0.1, -0.05) is 37.6 Å². The molecular formula is C17H27NO2. The Labute approximate surface area is 122 Å². The first-order valence-electron chi connectivity index (χ1n) is 7.78. The second-order valence-corrected chi connectivity index (χ2v) is 5.58. The lowest BCUT2D eigenvalue weighted by molar-refractivity contribution is -0.121. The highest BCUT2D eigenvalue weighted by atomic mass is 16.5. The smallest absolute Gasteiger partial charge is 0.0917 e. The fourth-order valence-corrected chi connectivity index (χ4v) is 3.03. The van der Waals surface area contributed by atoms with E-state index in [0.717, 1.165) is 32.5 Å². The Kier molecular flexibility index (Phi) is 5.58. The van der Waals surface area contributed by atoms with Gasteiger partial charge in [-0.2, -0.15) is 0 Å². The second kappa shape index (κ2) is 7.21. The number of hydrogen-bond acceptors (Lipinski definition) is 3. The summed E-state index contributed by atoms with van der Waals surface area (Å²) in [6.07, 6.45) is 4.04. The summed E-state index contributed by atoms with van der Waals surface area (Å²) < 4.78 is 11.5. The van der Waals surface area contributed by atoms with Gasteiger partial charge in [-0.05, 0) is 24.5 Å². The number of nitrogens with two attached hydrogens (primary N) is 1. The number of benzene rings is 1. The normalized spacial score (nSPS) is 19.8. The first-order valence-corrected chi connectivity index (χ1v) is 7.78. The SMILES string of the molecule is CCCc1ccc(C(N)C2(OCC)CCOCC2)cc1. The molecule has 1 aromatic rings. The van der Waals surface area contributed by atoms with Crippen LogP contribution in [-0.4, -0.2) is 25.4 Å². The van der Waals surface area contributed by atoms with E-state index < -0.39 is 0 Å². The summed E-state index contributed by atoms with van der Waals surface area (Å²) in [5.41, 5.74) is 8.81. The molecule has 0 aromatic heterocycles. The van der Waals surface area contributed by atoms with Gasteiger partial charge in [-0.3, -0.25) is 0 Å². The largest absolute Gasteiger partial charge is 0.381 e. The minimum Gasteiger partial charge on any atom is -0.381 e. The second-order valence-electron chi connectivity index (χ2n) is 5.58. The van der Waals surface area contributed by atoms with Crippen LogP contribution in [0.25, 0.3) is 0 Å². The van der Waals surface area contributed by atoms with E-state index in [1.165, 1.54) is 17.5 Å². The van der Waals surface area contributed by atoms with Gasteiger partial charge >= 0.3 is 0 Å². The van der Waals surface area contributed by atoms with Crippen molar-refractivity contribution in [2.45, 2.75) is 51.2 Å². The highest BCUT2D eigenvalue weighted by Gasteiger charge is 2.40. The zero-order valence-corrected chi connectivity index (χ0v) is 12.7. The van der Waals surface area contributed by atoms with Gasteiger partial charge in [0.2, 0.25) is 0 Å². The molecule has 1 unspecified atom stereocenters. The average molecular weight is 277 g/mol. The van der Waals surface area contributed by atoms with Crippen LogP contribution in [0.1, 0.15) is 50.3 Å². The summed E-state index contributed by atoms with van der Waals surface area (Å²) in [6, 6.07) is 8.62. The lowest BCUT2D eigenvalue weighted by Gasteiger charge is -2.41. The van der Waals surface area contributed by atoms with Crippen molar-refractivity contribution in [3.05, 3.63) is 35.4 Å². The summed E-state index contributed by atoms with van der Waals surface area (Å²) in [4.78, 5) is 0. The first kappa shape index (κ1) is 15.5. The van der Waals surface area contributed by atoms with Gasteiger partial charge in [0.1, 0.15) is 0 Å². The third-order valence-electron chi connectivity index (χ3n) is 4.22. The van der Waals surface area contributed by atoms with E-state index in [9.17, 15) is 0 Å². The van der Waals surface area contributed by atoms with Crippen molar-refractivity contribution in [1.82, 2.24) is 0 Å². The number of rotatable bonds is 6. The predicted octanol–water partition coefficient (Wildman–Crippen LogP) is 3.22. The minimum absolute atomic E-state index is 0.0815. The van der Waals surface area contributed by atoms with Crippen LogP contribution in [0.5, 0.6) is 0 Å². The van der Waals surface area contributed by atoms with Crippen molar-refractivity contribution in [3.8, 4) is 0 Å². The van der Waals surface area contributed by atoms with E-state index in [1.807, 2.05) is 6.92 Å². The standard InChI is InChI=1S/C17H27NO2/c1-3-5-14-6-8-15(9-7-14)16(18)17(20-4-2)10-12-19-13-11-17/h6-9,16H,3-5,10-13,18H2,1-2H3. The van der Waals surface area contributed by atoms with E-state index in [-0.39, 0.29) is 11.6 Å². The summed E-state index contributed by atoms with van der Waals surface area (Å²) in [6.45, 7) is 6.41. The molecule has 0 aliphatic carbocycles. The highest BCUT2D eigenvalue weighted by Crippen LogP contribution is 2.36. The van der Waals surface area contributed by atoms with Gasteiger partial charge in [-0.15, -0.1) is 0 Å². The maximum Gasteiger partial charge on any atom is 0.0917 e. The van der Waals surface area contributed by atoms with Crippen LogP contribution in [0.2, 0.25) is 0 Å². The zero-order chi connectivity index (χ0) is 14.4. The Morgan fingerprint density at radius 1 is 1.20 bits per heavy atom. The molecule has 0 saturated carbocycles. The molecule has 2 N–H and O–H groups in total. The third kappa shape index (κ3) is 3.40. The number of aryl methyl sites for hydroxylation is 1. The van der Waals surface area contributed by atoms with Crippen LogP contribution >= 0.6 is 0 Å². The van der Waals surface area contributed by atoms with E-state index in [1.54, 1.807) is 0 Å². The van der Waals surface area contributed by atoms with E-state index in [2.05, 4.69) is 31.2 Å². The molecular weight excluding hydrogens is 250 g/mol. The van der Waals surface area contributed by atoms with Gasteiger partial charge in [0, 0.05) is 32.7 Å².